The topological polar surface area (TPSA) is 67.5 Å². The summed E-state index contributed by atoms with van der Waals surface area (Å²) in [5, 5.41) is 4.75. The van der Waals surface area contributed by atoms with Gasteiger partial charge in [-0.05, 0) is 56.0 Å². The molecular weight excluding hydrogens is 386 g/mol. The lowest BCUT2D eigenvalue weighted by Crippen LogP contribution is -2.31. The molecule has 0 fully saturated rings. The minimum atomic E-state index is -0.213. The number of carbonyl (C=O) groups excluding carboxylic acids is 2. The molecule has 29 heavy (non-hydrogen) atoms. The first-order chi connectivity index (χ1) is 14.0. The van der Waals surface area contributed by atoms with Crippen LogP contribution in [0.1, 0.15) is 58.9 Å². The van der Waals surface area contributed by atoms with Crippen LogP contribution < -0.4 is 5.32 Å². The van der Waals surface area contributed by atoms with Crippen LogP contribution in [0, 0.1) is 0 Å². The number of carbonyl (C=O) groups is 2. The van der Waals surface area contributed by atoms with Crippen molar-refractivity contribution in [3.8, 4) is 0 Å². The highest BCUT2D eigenvalue weighted by Gasteiger charge is 2.18. The maximum Gasteiger partial charge on any atom is 0.287 e. The molecule has 7 heteroatoms. The summed E-state index contributed by atoms with van der Waals surface area (Å²) in [5.41, 5.74) is 1.02. The number of hydrogen-bond acceptors (Lipinski definition) is 4. The van der Waals surface area contributed by atoms with E-state index < -0.39 is 0 Å². The molecule has 0 aromatic carbocycles. The van der Waals surface area contributed by atoms with Gasteiger partial charge in [0, 0.05) is 24.5 Å². The van der Waals surface area contributed by atoms with E-state index >= 15 is 0 Å². The minimum absolute atomic E-state index is 0.0533. The molecule has 0 saturated heterocycles. The first kappa shape index (κ1) is 20.9. The van der Waals surface area contributed by atoms with Crippen molar-refractivity contribution in [1.82, 2.24) is 14.8 Å². The molecule has 2 amide bonds. The SMILES string of the molecule is CCCN(Cc1cccn1Cc1ccc(C(=O)NC(C)C)o1)C(=O)c1cccs1. The smallest absolute Gasteiger partial charge is 0.287 e. The summed E-state index contributed by atoms with van der Waals surface area (Å²) < 4.78 is 7.77. The van der Waals surface area contributed by atoms with Gasteiger partial charge in [0.1, 0.15) is 5.76 Å². The van der Waals surface area contributed by atoms with Gasteiger partial charge in [0.05, 0.1) is 18.0 Å². The molecule has 3 heterocycles. The lowest BCUT2D eigenvalue weighted by atomic mass is 10.3. The highest BCUT2D eigenvalue weighted by Crippen LogP contribution is 2.17. The molecule has 1 N–H and O–H groups in total. The second kappa shape index (κ2) is 9.60. The summed E-state index contributed by atoms with van der Waals surface area (Å²) in [5.74, 6) is 0.848. The Morgan fingerprint density at radius 1 is 1.21 bits per heavy atom. The second-order valence-corrected chi connectivity index (χ2v) is 8.17. The first-order valence-electron chi connectivity index (χ1n) is 9.84. The predicted molar refractivity (Wildman–Crippen MR) is 114 cm³/mol. The van der Waals surface area contributed by atoms with E-state index in [1.54, 1.807) is 6.07 Å². The number of nitrogens with zero attached hydrogens (tertiary/aromatic N) is 2. The minimum Gasteiger partial charge on any atom is -0.454 e. The van der Waals surface area contributed by atoms with E-state index in [0.717, 1.165) is 17.0 Å². The maximum absolute atomic E-state index is 12.8. The monoisotopic (exact) mass is 413 g/mol. The lowest BCUT2D eigenvalue weighted by Gasteiger charge is -2.22. The van der Waals surface area contributed by atoms with Crippen LogP contribution in [-0.2, 0) is 13.1 Å². The zero-order valence-electron chi connectivity index (χ0n) is 17.1. The van der Waals surface area contributed by atoms with Crippen LogP contribution >= 0.6 is 11.3 Å². The van der Waals surface area contributed by atoms with Crippen molar-refractivity contribution in [3.05, 3.63) is 70.1 Å². The van der Waals surface area contributed by atoms with Gasteiger partial charge in [0.2, 0.25) is 0 Å². The maximum atomic E-state index is 12.8. The van der Waals surface area contributed by atoms with Gasteiger partial charge in [0.25, 0.3) is 11.8 Å². The van der Waals surface area contributed by atoms with Crippen molar-refractivity contribution in [2.45, 2.75) is 46.3 Å². The van der Waals surface area contributed by atoms with Crippen LogP contribution in [0.5, 0.6) is 0 Å². The summed E-state index contributed by atoms with van der Waals surface area (Å²) in [6, 6.07) is 11.3. The molecule has 0 unspecified atom stereocenters. The van der Waals surface area contributed by atoms with Gasteiger partial charge in [-0.15, -0.1) is 11.3 Å². The molecule has 3 rings (SSSR count). The van der Waals surface area contributed by atoms with Gasteiger partial charge in [-0.2, -0.15) is 0 Å². The standard InChI is InChI=1S/C22H27N3O3S/c1-4-11-25(22(27)20-8-6-13-29-20)14-17-7-5-12-24(17)15-18-9-10-19(28-18)21(26)23-16(2)3/h5-10,12-13,16H,4,11,14-15H2,1-3H3,(H,23,26). The normalized spacial score (nSPS) is 11.0. The molecule has 3 aromatic heterocycles. The highest BCUT2D eigenvalue weighted by molar-refractivity contribution is 7.12. The van der Waals surface area contributed by atoms with Crippen molar-refractivity contribution in [2.75, 3.05) is 6.54 Å². The van der Waals surface area contributed by atoms with Gasteiger partial charge >= 0.3 is 0 Å². The number of furan rings is 1. The molecule has 3 aromatic rings. The summed E-state index contributed by atoms with van der Waals surface area (Å²) >= 11 is 1.46. The Morgan fingerprint density at radius 3 is 2.72 bits per heavy atom. The Balaban J connectivity index is 1.71. The molecule has 0 bridgehead atoms. The molecule has 0 atom stereocenters. The number of hydrogen-bond donors (Lipinski definition) is 1. The van der Waals surface area contributed by atoms with E-state index in [1.165, 1.54) is 11.3 Å². The van der Waals surface area contributed by atoms with Gasteiger partial charge in [-0.1, -0.05) is 13.0 Å². The van der Waals surface area contributed by atoms with Crippen molar-refractivity contribution >= 4 is 23.2 Å². The van der Waals surface area contributed by atoms with Gasteiger partial charge in [-0.3, -0.25) is 9.59 Å². The number of aromatic nitrogens is 1. The zero-order chi connectivity index (χ0) is 20.8. The molecule has 0 radical (unpaired) electrons. The molecule has 0 aliphatic heterocycles. The van der Waals surface area contributed by atoms with E-state index in [4.69, 9.17) is 4.42 Å². The lowest BCUT2D eigenvalue weighted by molar-refractivity contribution is 0.0744. The molecule has 0 saturated carbocycles. The van der Waals surface area contributed by atoms with Gasteiger partial charge in [-0.25, -0.2) is 0 Å². The molecule has 0 aliphatic carbocycles. The second-order valence-electron chi connectivity index (χ2n) is 7.23. The van der Waals surface area contributed by atoms with E-state index in [0.29, 0.717) is 31.2 Å². The highest BCUT2D eigenvalue weighted by atomic mass is 32.1. The van der Waals surface area contributed by atoms with E-state index in [2.05, 4.69) is 12.2 Å². The van der Waals surface area contributed by atoms with Crippen LogP contribution in [0.15, 0.2) is 52.4 Å². The quantitative estimate of drug-likeness (QED) is 0.566. The van der Waals surface area contributed by atoms with Crippen LogP contribution in [0.25, 0.3) is 0 Å². The molecule has 0 spiro atoms. The fourth-order valence-corrected chi connectivity index (χ4v) is 3.80. The Hall–Kier alpha value is -2.80. The fraction of sp³-hybridized carbons (Fsp3) is 0.364. The Morgan fingerprint density at radius 2 is 2.03 bits per heavy atom. The molecular formula is C22H27N3O3S. The third-order valence-corrected chi connectivity index (χ3v) is 5.28. The predicted octanol–water partition coefficient (Wildman–Crippen LogP) is 4.38. The largest absolute Gasteiger partial charge is 0.454 e. The average molecular weight is 414 g/mol. The van der Waals surface area contributed by atoms with Crippen LogP contribution in [0.2, 0.25) is 0 Å². The molecule has 154 valence electrons. The third kappa shape index (κ3) is 5.38. The van der Waals surface area contributed by atoms with E-state index in [1.807, 2.05) is 65.2 Å². The Kier molecular flexibility index (Phi) is 6.93. The number of thiophene rings is 1. The first-order valence-corrected chi connectivity index (χ1v) is 10.7. The van der Waals surface area contributed by atoms with Crippen molar-refractivity contribution in [3.63, 3.8) is 0 Å². The van der Waals surface area contributed by atoms with E-state index in [-0.39, 0.29) is 17.9 Å². The molecule has 0 aliphatic rings. The molecule has 6 nitrogen and oxygen atoms in total. The van der Waals surface area contributed by atoms with Gasteiger partial charge in [0.15, 0.2) is 5.76 Å². The summed E-state index contributed by atoms with van der Waals surface area (Å²) in [4.78, 5) is 27.5. The summed E-state index contributed by atoms with van der Waals surface area (Å²) in [6.45, 7) is 7.62. The zero-order valence-corrected chi connectivity index (χ0v) is 17.9. The third-order valence-electron chi connectivity index (χ3n) is 4.42. The van der Waals surface area contributed by atoms with Crippen molar-refractivity contribution < 1.29 is 14.0 Å². The van der Waals surface area contributed by atoms with Crippen LogP contribution in [-0.4, -0.2) is 33.9 Å². The van der Waals surface area contributed by atoms with Crippen LogP contribution in [0.4, 0.5) is 0 Å². The number of nitrogens with one attached hydrogen (secondary N) is 1. The Labute approximate surface area is 175 Å². The van der Waals surface area contributed by atoms with Gasteiger partial charge < -0.3 is 19.2 Å². The Bertz CT molecular complexity index is 940. The number of rotatable bonds is 9. The van der Waals surface area contributed by atoms with E-state index in [9.17, 15) is 9.59 Å². The summed E-state index contributed by atoms with van der Waals surface area (Å²) in [6.07, 6.45) is 2.86. The van der Waals surface area contributed by atoms with Crippen molar-refractivity contribution in [2.24, 2.45) is 0 Å². The van der Waals surface area contributed by atoms with Crippen molar-refractivity contribution in [1.29, 1.82) is 0 Å². The summed E-state index contributed by atoms with van der Waals surface area (Å²) in [7, 11) is 0. The number of amides is 2. The average Bonchev–Trinajstić information content (AvgIpc) is 3.43. The van der Waals surface area contributed by atoms with Crippen LogP contribution in [0.3, 0.4) is 0 Å². The fourth-order valence-electron chi connectivity index (χ4n) is 3.11.